The number of amides is 1. The molecule has 0 bridgehead atoms. The molecule has 0 aromatic heterocycles. The van der Waals surface area contributed by atoms with Crippen LogP contribution in [0.1, 0.15) is 136 Å². The van der Waals surface area contributed by atoms with Gasteiger partial charge < -0.3 is 10.4 Å². The molecule has 6 rings (SSSR count). The largest absolute Gasteiger partial charge is 0.478 e. The highest BCUT2D eigenvalue weighted by molar-refractivity contribution is 5.88. The number of carboxylic acid groups (broad SMARTS) is 1. The zero-order valence-electron chi connectivity index (χ0n) is 30.3. The van der Waals surface area contributed by atoms with Crippen molar-refractivity contribution in [1.82, 2.24) is 5.32 Å². The van der Waals surface area contributed by atoms with Gasteiger partial charge >= 0.3 is 5.97 Å². The predicted octanol–water partition coefficient (Wildman–Crippen LogP) is 10.2. The molecule has 46 heavy (non-hydrogen) atoms. The van der Waals surface area contributed by atoms with E-state index in [1.165, 1.54) is 42.4 Å². The maximum atomic E-state index is 14.3. The standard InChI is InChI=1S/C42H61NO3/c1-26(2)29-17-22-42(36(46)43-25-37(3,4)5)24-23-40(9)31(34(29)42)15-16-33-39(8)20-18-30(27-11-13-28(14-12-27)35(44)45)38(6,7)32(39)19-21-41(33,40)10/h11-14,18,29,31-34H,1,15-17,19-25H2,2-10H3,(H,43,46)(H,44,45)/t29-,31+,32-,33+,34+,39-,40+,41+,42-/m0/s1. The number of carboxylic acids is 1. The maximum Gasteiger partial charge on any atom is 0.335 e. The van der Waals surface area contributed by atoms with Gasteiger partial charge in [-0.2, -0.15) is 0 Å². The molecule has 0 radical (unpaired) electrons. The van der Waals surface area contributed by atoms with Crippen molar-refractivity contribution in [3.63, 3.8) is 0 Å². The first-order chi connectivity index (χ1) is 21.3. The molecule has 1 aromatic carbocycles. The fourth-order valence-electron chi connectivity index (χ4n) is 12.9. The van der Waals surface area contributed by atoms with E-state index < -0.39 is 5.97 Å². The molecule has 2 N–H and O–H groups in total. The molecule has 9 atom stereocenters. The van der Waals surface area contributed by atoms with Crippen molar-refractivity contribution in [2.24, 2.45) is 62.1 Å². The lowest BCUT2D eigenvalue weighted by Crippen LogP contribution is -2.66. The zero-order valence-corrected chi connectivity index (χ0v) is 30.3. The van der Waals surface area contributed by atoms with Crippen molar-refractivity contribution in [2.75, 3.05) is 6.54 Å². The molecule has 0 aliphatic heterocycles. The van der Waals surface area contributed by atoms with Gasteiger partial charge in [-0.25, -0.2) is 4.79 Å². The van der Waals surface area contributed by atoms with Gasteiger partial charge in [0.1, 0.15) is 0 Å². The predicted molar refractivity (Wildman–Crippen MR) is 188 cm³/mol. The van der Waals surface area contributed by atoms with Gasteiger partial charge in [0.05, 0.1) is 11.0 Å². The van der Waals surface area contributed by atoms with E-state index >= 15 is 0 Å². The molecule has 0 heterocycles. The van der Waals surface area contributed by atoms with E-state index in [4.69, 9.17) is 0 Å². The van der Waals surface area contributed by atoms with Gasteiger partial charge in [-0.3, -0.25) is 4.79 Å². The van der Waals surface area contributed by atoms with E-state index in [2.05, 4.69) is 80.3 Å². The Kier molecular flexibility index (Phi) is 7.89. The third-order valence-electron chi connectivity index (χ3n) is 15.3. The molecule has 0 spiro atoms. The van der Waals surface area contributed by atoms with Crippen molar-refractivity contribution < 1.29 is 14.7 Å². The van der Waals surface area contributed by atoms with Crippen LogP contribution in [0.25, 0.3) is 5.57 Å². The van der Waals surface area contributed by atoms with E-state index in [9.17, 15) is 14.7 Å². The smallest absolute Gasteiger partial charge is 0.335 e. The maximum absolute atomic E-state index is 14.3. The van der Waals surface area contributed by atoms with E-state index in [1.807, 2.05) is 12.1 Å². The molecular weight excluding hydrogens is 566 g/mol. The fourth-order valence-corrected chi connectivity index (χ4v) is 12.9. The van der Waals surface area contributed by atoms with Crippen molar-refractivity contribution in [2.45, 2.75) is 120 Å². The molecule has 1 aromatic rings. The minimum absolute atomic E-state index is 0.000184. The van der Waals surface area contributed by atoms with Crippen LogP contribution in [-0.2, 0) is 4.79 Å². The first kappa shape index (κ1) is 33.5. The van der Waals surface area contributed by atoms with Crippen molar-refractivity contribution in [3.8, 4) is 0 Å². The van der Waals surface area contributed by atoms with E-state index in [0.717, 1.165) is 38.6 Å². The Balaban J connectivity index is 1.34. The number of hydrogen-bond donors (Lipinski definition) is 2. The molecule has 0 unspecified atom stereocenters. The number of benzene rings is 1. The molecule has 4 nitrogen and oxygen atoms in total. The SMILES string of the molecule is C=C(C)[C@@H]1CC[C@]2(C(=O)NCC(C)(C)C)CC[C@]3(C)[C@H](CC[C@@H]4[C@@]5(C)CC=C(c6ccc(C(=O)O)cc6)C(C)(C)[C@@H]5CC[C@]43C)[C@@H]12. The lowest BCUT2D eigenvalue weighted by molar-refractivity contribution is -0.225. The Morgan fingerprint density at radius 1 is 0.891 bits per heavy atom. The highest BCUT2D eigenvalue weighted by Crippen LogP contribution is 2.77. The van der Waals surface area contributed by atoms with Crippen LogP contribution < -0.4 is 5.32 Å². The van der Waals surface area contributed by atoms with Crippen molar-refractivity contribution in [1.29, 1.82) is 0 Å². The van der Waals surface area contributed by atoms with E-state index in [1.54, 1.807) is 12.1 Å². The van der Waals surface area contributed by atoms with Gasteiger partial charge in [0.2, 0.25) is 5.91 Å². The van der Waals surface area contributed by atoms with Crippen LogP contribution >= 0.6 is 0 Å². The summed E-state index contributed by atoms with van der Waals surface area (Å²) in [6.45, 7) is 26.9. The second-order valence-electron chi connectivity index (χ2n) is 19.0. The van der Waals surface area contributed by atoms with Gasteiger partial charge in [-0.1, -0.05) is 85.8 Å². The minimum Gasteiger partial charge on any atom is -0.478 e. The molecule has 0 saturated heterocycles. The van der Waals surface area contributed by atoms with Gasteiger partial charge in [-0.15, -0.1) is 0 Å². The first-order valence-electron chi connectivity index (χ1n) is 18.3. The second kappa shape index (κ2) is 10.8. The number of rotatable bonds is 5. The molecule has 252 valence electrons. The average molecular weight is 628 g/mol. The van der Waals surface area contributed by atoms with E-state index in [-0.39, 0.29) is 32.5 Å². The van der Waals surface area contributed by atoms with E-state index in [0.29, 0.717) is 41.1 Å². The Morgan fingerprint density at radius 3 is 2.17 bits per heavy atom. The summed E-state index contributed by atoms with van der Waals surface area (Å²) >= 11 is 0. The normalized spacial score (nSPS) is 41.2. The third kappa shape index (κ3) is 4.73. The minimum atomic E-state index is -0.871. The van der Waals surface area contributed by atoms with Crippen LogP contribution in [0.15, 0.2) is 42.5 Å². The number of nitrogens with one attached hydrogen (secondary N) is 1. The summed E-state index contributed by atoms with van der Waals surface area (Å²) in [5.74, 6) is 2.02. The molecule has 4 saturated carbocycles. The van der Waals surface area contributed by atoms with Crippen LogP contribution in [0.2, 0.25) is 0 Å². The van der Waals surface area contributed by atoms with Crippen LogP contribution in [0.5, 0.6) is 0 Å². The van der Waals surface area contributed by atoms with Crippen LogP contribution in [0, 0.1) is 62.1 Å². The molecule has 4 heteroatoms. The highest BCUT2D eigenvalue weighted by atomic mass is 16.4. The Hall–Kier alpha value is -2.36. The molecule has 5 aliphatic carbocycles. The number of allylic oxidation sites excluding steroid dienone is 3. The Morgan fingerprint density at radius 2 is 1.57 bits per heavy atom. The summed E-state index contributed by atoms with van der Waals surface area (Å²) in [5.41, 5.74) is 4.62. The molecular formula is C42H61NO3. The third-order valence-corrected chi connectivity index (χ3v) is 15.3. The fraction of sp³-hybridized carbons (Fsp3) is 0.714. The highest BCUT2D eigenvalue weighted by Gasteiger charge is 2.71. The van der Waals surface area contributed by atoms with Gasteiger partial charge in [0, 0.05) is 6.54 Å². The topological polar surface area (TPSA) is 66.4 Å². The molecule has 5 aliphatic rings. The number of hydrogen-bond acceptors (Lipinski definition) is 2. The summed E-state index contributed by atoms with van der Waals surface area (Å²) in [6, 6.07) is 7.56. The first-order valence-corrected chi connectivity index (χ1v) is 18.3. The van der Waals surface area contributed by atoms with Crippen LogP contribution in [0.3, 0.4) is 0 Å². The number of carbonyl (C=O) groups is 2. The Bertz CT molecular complexity index is 1450. The number of carbonyl (C=O) groups excluding carboxylic acids is 1. The monoisotopic (exact) mass is 627 g/mol. The molecule has 4 fully saturated rings. The quantitative estimate of drug-likeness (QED) is 0.319. The van der Waals surface area contributed by atoms with Gasteiger partial charge in [0.25, 0.3) is 0 Å². The van der Waals surface area contributed by atoms with Crippen LogP contribution in [0.4, 0.5) is 0 Å². The summed E-state index contributed by atoms with van der Waals surface area (Å²) in [6.07, 6.45) is 12.8. The number of fused-ring (bicyclic) bond motifs is 7. The lowest BCUT2D eigenvalue weighted by Gasteiger charge is -2.72. The van der Waals surface area contributed by atoms with Crippen LogP contribution in [-0.4, -0.2) is 23.5 Å². The summed E-state index contributed by atoms with van der Waals surface area (Å²) in [7, 11) is 0. The zero-order chi connectivity index (χ0) is 33.7. The summed E-state index contributed by atoms with van der Waals surface area (Å²) < 4.78 is 0. The number of aromatic carboxylic acids is 1. The van der Waals surface area contributed by atoms with Gasteiger partial charge in [-0.05, 0) is 145 Å². The summed E-state index contributed by atoms with van der Waals surface area (Å²) in [4.78, 5) is 25.8. The van der Waals surface area contributed by atoms with Gasteiger partial charge in [0.15, 0.2) is 0 Å². The van der Waals surface area contributed by atoms with Crippen molar-refractivity contribution in [3.05, 3.63) is 53.6 Å². The summed E-state index contributed by atoms with van der Waals surface area (Å²) in [5, 5.41) is 12.9. The Labute approximate surface area is 279 Å². The average Bonchev–Trinajstić information content (AvgIpc) is 3.37. The molecule has 1 amide bonds. The van der Waals surface area contributed by atoms with Crippen molar-refractivity contribution >= 4 is 17.4 Å². The lowest BCUT2D eigenvalue weighted by atomic mass is 9.32. The second-order valence-corrected chi connectivity index (χ2v) is 19.0.